The largest absolute Gasteiger partial charge is 0.204 e. The average molecular weight is 282 g/mol. The van der Waals surface area contributed by atoms with E-state index in [1.54, 1.807) is 6.07 Å². The summed E-state index contributed by atoms with van der Waals surface area (Å²) in [5.41, 5.74) is 1.000. The minimum absolute atomic E-state index is 0.463. The lowest BCUT2D eigenvalue weighted by Gasteiger charge is -2.28. The molecule has 0 atom stereocenters. The van der Waals surface area contributed by atoms with Crippen LogP contribution < -0.4 is 0 Å². The van der Waals surface area contributed by atoms with Crippen LogP contribution >= 0.6 is 0 Å². The van der Waals surface area contributed by atoms with E-state index in [-0.39, 0.29) is 0 Å². The Kier molecular flexibility index (Phi) is 5.55. The fourth-order valence-electron chi connectivity index (χ4n) is 3.23. The van der Waals surface area contributed by atoms with Crippen molar-refractivity contribution in [2.75, 3.05) is 0 Å². The fourth-order valence-corrected chi connectivity index (χ4v) is 6.71. The van der Waals surface area contributed by atoms with Gasteiger partial charge in [0.15, 0.2) is 11.6 Å². The number of unbranched alkanes of at least 4 members (excludes halogenated alkanes) is 2. The van der Waals surface area contributed by atoms with Crippen LogP contribution in [0.5, 0.6) is 0 Å². The molecule has 106 valence electrons. The Balaban J connectivity index is 1.84. The zero-order chi connectivity index (χ0) is 13.7. The molecule has 1 aromatic rings. The van der Waals surface area contributed by atoms with Crippen LogP contribution in [0, 0.1) is 11.6 Å². The minimum Gasteiger partial charge on any atom is -0.204 e. The van der Waals surface area contributed by atoms with Crippen molar-refractivity contribution in [3.8, 4) is 0 Å². The molecule has 0 amide bonds. The lowest BCUT2D eigenvalue weighted by molar-refractivity contribution is 0.502. The molecule has 1 heterocycles. The van der Waals surface area contributed by atoms with Crippen LogP contribution in [-0.2, 0) is 0 Å². The van der Waals surface area contributed by atoms with Crippen LogP contribution in [0.3, 0.4) is 0 Å². The summed E-state index contributed by atoms with van der Waals surface area (Å²) in [6, 6.07) is 8.69. The Morgan fingerprint density at radius 1 is 1.11 bits per heavy atom. The Morgan fingerprint density at radius 3 is 2.47 bits per heavy atom. The summed E-state index contributed by atoms with van der Waals surface area (Å²) in [7, 11) is -0.510. The van der Waals surface area contributed by atoms with Crippen molar-refractivity contribution in [2.45, 2.75) is 63.1 Å². The number of benzene rings is 1. The Hall–Kier alpha value is -0.703. The molecule has 0 aromatic heterocycles. The molecule has 3 heteroatoms. The van der Waals surface area contributed by atoms with Gasteiger partial charge in [-0.05, 0) is 36.5 Å². The molecular formula is C16H24F2Si. The van der Waals surface area contributed by atoms with Gasteiger partial charge in [0.2, 0.25) is 0 Å². The average Bonchev–Trinajstić information content (AvgIpc) is 2.43. The van der Waals surface area contributed by atoms with Gasteiger partial charge in [0, 0.05) is 8.80 Å². The fraction of sp³-hybridized carbons (Fsp3) is 0.625. The summed E-state index contributed by atoms with van der Waals surface area (Å²) < 4.78 is 26.2. The van der Waals surface area contributed by atoms with Crippen LogP contribution in [0.4, 0.5) is 8.78 Å². The van der Waals surface area contributed by atoms with Gasteiger partial charge in [-0.15, -0.1) is 0 Å². The van der Waals surface area contributed by atoms with E-state index in [0.29, 0.717) is 5.92 Å². The molecule has 0 unspecified atom stereocenters. The Labute approximate surface area is 116 Å². The van der Waals surface area contributed by atoms with Crippen molar-refractivity contribution in [3.63, 3.8) is 0 Å². The molecule has 0 radical (unpaired) electrons. The van der Waals surface area contributed by atoms with Gasteiger partial charge in [-0.3, -0.25) is 0 Å². The monoisotopic (exact) mass is 282 g/mol. The molecular weight excluding hydrogens is 258 g/mol. The number of hydrogen-bond acceptors (Lipinski definition) is 0. The van der Waals surface area contributed by atoms with Crippen molar-refractivity contribution >= 4 is 8.80 Å². The highest BCUT2D eigenvalue weighted by atomic mass is 28.3. The highest BCUT2D eigenvalue weighted by molar-refractivity contribution is 6.59. The molecule has 1 saturated heterocycles. The molecule has 2 rings (SSSR count). The topological polar surface area (TPSA) is 0 Å². The molecule has 0 nitrogen and oxygen atoms in total. The van der Waals surface area contributed by atoms with Gasteiger partial charge in [-0.1, -0.05) is 50.4 Å². The highest BCUT2D eigenvalue weighted by Crippen LogP contribution is 2.35. The van der Waals surface area contributed by atoms with Gasteiger partial charge in [-0.2, -0.15) is 0 Å². The standard InChI is InChI=1S/C16H24F2Si/c1-2-3-4-9-19-10-7-13(8-11-19)14-5-6-15(17)16(18)12-14/h5-6,12-13,19H,2-4,7-11H2,1H3/t13-,19-. The maximum atomic E-state index is 13.3. The van der Waals surface area contributed by atoms with Gasteiger partial charge in [-0.25, -0.2) is 8.78 Å². The maximum absolute atomic E-state index is 13.3. The van der Waals surface area contributed by atoms with Crippen LogP contribution in [0.1, 0.15) is 50.5 Å². The van der Waals surface area contributed by atoms with Crippen molar-refractivity contribution in [1.82, 2.24) is 0 Å². The first-order valence-corrected chi connectivity index (χ1v) is 10.1. The quantitative estimate of drug-likeness (QED) is 0.510. The zero-order valence-electron chi connectivity index (χ0n) is 11.8. The first-order valence-electron chi connectivity index (χ1n) is 7.65. The lowest BCUT2D eigenvalue weighted by atomic mass is 9.93. The van der Waals surface area contributed by atoms with Crippen LogP contribution in [0.2, 0.25) is 18.1 Å². The van der Waals surface area contributed by atoms with E-state index in [1.807, 2.05) is 0 Å². The molecule has 0 bridgehead atoms. The predicted octanol–water partition coefficient (Wildman–Crippen LogP) is 5.26. The summed E-state index contributed by atoms with van der Waals surface area (Å²) in [6.07, 6.45) is 6.46. The van der Waals surface area contributed by atoms with E-state index in [9.17, 15) is 8.78 Å². The summed E-state index contributed by atoms with van der Waals surface area (Å²) in [5.74, 6) is -0.962. The molecule has 0 aliphatic carbocycles. The van der Waals surface area contributed by atoms with Gasteiger partial charge >= 0.3 is 0 Å². The highest BCUT2D eigenvalue weighted by Gasteiger charge is 2.23. The third-order valence-corrected chi connectivity index (χ3v) is 8.00. The van der Waals surface area contributed by atoms with E-state index in [2.05, 4.69) is 6.92 Å². The summed E-state index contributed by atoms with van der Waals surface area (Å²) in [6.45, 7) is 2.25. The van der Waals surface area contributed by atoms with Crippen molar-refractivity contribution in [1.29, 1.82) is 0 Å². The van der Waals surface area contributed by atoms with E-state index >= 15 is 0 Å². The third kappa shape index (κ3) is 4.13. The second kappa shape index (κ2) is 7.18. The molecule has 1 fully saturated rings. The smallest absolute Gasteiger partial charge is 0.159 e. The predicted molar refractivity (Wildman–Crippen MR) is 79.4 cm³/mol. The Bertz CT molecular complexity index is 398. The second-order valence-corrected chi connectivity index (χ2v) is 9.35. The summed E-state index contributed by atoms with van der Waals surface area (Å²) in [5, 5.41) is 0. The molecule has 0 saturated carbocycles. The van der Waals surface area contributed by atoms with Crippen molar-refractivity contribution in [2.24, 2.45) is 0 Å². The van der Waals surface area contributed by atoms with E-state index in [4.69, 9.17) is 0 Å². The molecule has 0 N–H and O–H groups in total. The van der Waals surface area contributed by atoms with Gasteiger partial charge in [0.25, 0.3) is 0 Å². The lowest BCUT2D eigenvalue weighted by Crippen LogP contribution is -2.20. The molecule has 19 heavy (non-hydrogen) atoms. The van der Waals surface area contributed by atoms with Gasteiger partial charge in [0.1, 0.15) is 0 Å². The second-order valence-electron chi connectivity index (χ2n) is 5.89. The maximum Gasteiger partial charge on any atom is 0.159 e. The normalized spacial score (nSPS) is 23.5. The van der Waals surface area contributed by atoms with Crippen LogP contribution in [-0.4, -0.2) is 8.80 Å². The molecule has 0 spiro atoms. The van der Waals surface area contributed by atoms with Crippen LogP contribution in [0.25, 0.3) is 0 Å². The first-order chi connectivity index (χ1) is 9.20. The molecule has 1 aliphatic heterocycles. The molecule has 1 aromatic carbocycles. The SMILES string of the molecule is CCCCC[Si@H]1CC[C@H](c2ccc(F)c(F)c2)CC1. The van der Waals surface area contributed by atoms with E-state index in [0.717, 1.165) is 5.56 Å². The van der Waals surface area contributed by atoms with Gasteiger partial charge in [0.05, 0.1) is 0 Å². The number of halogens is 2. The Morgan fingerprint density at radius 2 is 1.84 bits per heavy atom. The summed E-state index contributed by atoms with van der Waals surface area (Å²) >= 11 is 0. The van der Waals surface area contributed by atoms with E-state index < -0.39 is 20.4 Å². The zero-order valence-corrected chi connectivity index (χ0v) is 13.0. The van der Waals surface area contributed by atoms with Gasteiger partial charge < -0.3 is 0 Å². The minimum atomic E-state index is -0.730. The molecule has 1 aliphatic rings. The van der Waals surface area contributed by atoms with Crippen molar-refractivity contribution < 1.29 is 8.78 Å². The third-order valence-electron chi connectivity index (χ3n) is 4.48. The number of rotatable bonds is 5. The first kappa shape index (κ1) is 14.7. The van der Waals surface area contributed by atoms with Crippen LogP contribution in [0.15, 0.2) is 18.2 Å². The van der Waals surface area contributed by atoms with E-state index in [1.165, 1.54) is 62.4 Å². The number of hydrogen-bond donors (Lipinski definition) is 0. The summed E-state index contributed by atoms with van der Waals surface area (Å²) in [4.78, 5) is 0. The van der Waals surface area contributed by atoms with Crippen molar-refractivity contribution in [3.05, 3.63) is 35.4 Å².